The second kappa shape index (κ2) is 7.94. The van der Waals surface area contributed by atoms with Gasteiger partial charge in [0.25, 0.3) is 0 Å². The number of likely N-dealkylation sites (N-methyl/N-ethyl adjacent to an activating group) is 1. The van der Waals surface area contributed by atoms with Crippen LogP contribution in [-0.4, -0.2) is 50.3 Å². The standard InChI is InChI=1S/C14H27N3OS/c1-14(2,3)13-16-12(11-19-13)10-15-6-8-18-9-7-17(4)5/h11,15H,6-10H2,1-5H3. The lowest BCUT2D eigenvalue weighted by molar-refractivity contribution is 0.119. The Kier molecular flexibility index (Phi) is 6.93. The predicted octanol–water partition coefficient (Wildman–Crippen LogP) is 2.11. The predicted molar refractivity (Wildman–Crippen MR) is 81.9 cm³/mol. The summed E-state index contributed by atoms with van der Waals surface area (Å²) in [7, 11) is 4.10. The van der Waals surface area contributed by atoms with Crippen LogP contribution in [0.15, 0.2) is 5.38 Å². The van der Waals surface area contributed by atoms with Crippen LogP contribution >= 0.6 is 11.3 Å². The third kappa shape index (κ3) is 7.01. The van der Waals surface area contributed by atoms with Gasteiger partial charge in [0.1, 0.15) is 0 Å². The Morgan fingerprint density at radius 2 is 2.05 bits per heavy atom. The van der Waals surface area contributed by atoms with Crippen molar-refractivity contribution in [3.8, 4) is 0 Å². The summed E-state index contributed by atoms with van der Waals surface area (Å²) < 4.78 is 5.52. The van der Waals surface area contributed by atoms with Gasteiger partial charge in [0.2, 0.25) is 0 Å². The largest absolute Gasteiger partial charge is 0.379 e. The molecule has 0 bridgehead atoms. The normalized spacial score (nSPS) is 12.3. The molecule has 0 aliphatic heterocycles. The van der Waals surface area contributed by atoms with Gasteiger partial charge in [-0.2, -0.15) is 0 Å². The maximum absolute atomic E-state index is 5.52. The zero-order chi connectivity index (χ0) is 14.3. The molecule has 5 heteroatoms. The Balaban J connectivity index is 2.11. The van der Waals surface area contributed by atoms with E-state index in [1.54, 1.807) is 11.3 Å². The van der Waals surface area contributed by atoms with E-state index in [4.69, 9.17) is 4.74 Å². The summed E-state index contributed by atoms with van der Waals surface area (Å²) in [6.07, 6.45) is 0. The Morgan fingerprint density at radius 1 is 1.32 bits per heavy atom. The Labute approximate surface area is 121 Å². The van der Waals surface area contributed by atoms with Gasteiger partial charge in [-0.25, -0.2) is 4.98 Å². The molecule has 1 N–H and O–H groups in total. The maximum Gasteiger partial charge on any atom is 0.0982 e. The van der Waals surface area contributed by atoms with E-state index in [0.717, 1.165) is 38.5 Å². The smallest absolute Gasteiger partial charge is 0.0982 e. The minimum atomic E-state index is 0.151. The molecule has 0 unspecified atom stereocenters. The highest BCUT2D eigenvalue weighted by Crippen LogP contribution is 2.25. The Bertz CT molecular complexity index is 358. The first-order chi connectivity index (χ1) is 8.89. The molecule has 1 aromatic heterocycles. The molecule has 0 aromatic carbocycles. The molecule has 110 valence electrons. The van der Waals surface area contributed by atoms with Crippen LogP contribution in [0.25, 0.3) is 0 Å². The summed E-state index contributed by atoms with van der Waals surface area (Å²) in [6, 6.07) is 0. The number of ether oxygens (including phenoxy) is 1. The van der Waals surface area contributed by atoms with E-state index in [0.29, 0.717) is 0 Å². The average Bonchev–Trinajstić information content (AvgIpc) is 2.75. The third-order valence-electron chi connectivity index (χ3n) is 2.61. The van der Waals surface area contributed by atoms with Gasteiger partial charge in [0.15, 0.2) is 0 Å². The van der Waals surface area contributed by atoms with E-state index in [2.05, 4.69) is 55.4 Å². The van der Waals surface area contributed by atoms with Gasteiger partial charge in [-0.15, -0.1) is 11.3 Å². The topological polar surface area (TPSA) is 37.4 Å². The van der Waals surface area contributed by atoms with E-state index in [1.807, 2.05) is 0 Å². The lowest BCUT2D eigenvalue weighted by atomic mass is 9.98. The van der Waals surface area contributed by atoms with Crippen LogP contribution in [0.4, 0.5) is 0 Å². The lowest BCUT2D eigenvalue weighted by Crippen LogP contribution is -2.23. The van der Waals surface area contributed by atoms with Crippen molar-refractivity contribution in [2.45, 2.75) is 32.7 Å². The highest BCUT2D eigenvalue weighted by Gasteiger charge is 2.17. The van der Waals surface area contributed by atoms with Gasteiger partial charge in [-0.05, 0) is 14.1 Å². The van der Waals surface area contributed by atoms with Crippen LogP contribution in [-0.2, 0) is 16.7 Å². The summed E-state index contributed by atoms with van der Waals surface area (Å²) in [5.74, 6) is 0. The number of aromatic nitrogens is 1. The van der Waals surface area contributed by atoms with Gasteiger partial charge in [0, 0.05) is 30.4 Å². The Morgan fingerprint density at radius 3 is 2.63 bits per heavy atom. The summed E-state index contributed by atoms with van der Waals surface area (Å²) in [4.78, 5) is 6.77. The summed E-state index contributed by atoms with van der Waals surface area (Å²) in [6.45, 7) is 10.8. The van der Waals surface area contributed by atoms with Crippen LogP contribution < -0.4 is 5.32 Å². The van der Waals surface area contributed by atoms with Gasteiger partial charge < -0.3 is 15.0 Å². The lowest BCUT2D eigenvalue weighted by Gasteiger charge is -2.13. The summed E-state index contributed by atoms with van der Waals surface area (Å²) in [5, 5.41) is 6.70. The fourth-order valence-electron chi connectivity index (χ4n) is 1.44. The van der Waals surface area contributed by atoms with Crippen LogP contribution in [0.3, 0.4) is 0 Å². The van der Waals surface area contributed by atoms with Gasteiger partial charge in [0.05, 0.1) is 23.9 Å². The van der Waals surface area contributed by atoms with Crippen molar-refractivity contribution in [2.24, 2.45) is 0 Å². The number of hydrogen-bond acceptors (Lipinski definition) is 5. The monoisotopic (exact) mass is 285 g/mol. The second-order valence-electron chi connectivity index (χ2n) is 5.99. The van der Waals surface area contributed by atoms with Crippen molar-refractivity contribution in [3.63, 3.8) is 0 Å². The first-order valence-corrected chi connectivity index (χ1v) is 7.65. The molecule has 0 saturated heterocycles. The molecule has 0 saturated carbocycles. The zero-order valence-corrected chi connectivity index (χ0v) is 13.6. The summed E-state index contributed by atoms with van der Waals surface area (Å²) >= 11 is 1.74. The zero-order valence-electron chi connectivity index (χ0n) is 12.8. The highest BCUT2D eigenvalue weighted by atomic mass is 32.1. The van der Waals surface area contributed by atoms with Crippen molar-refractivity contribution in [2.75, 3.05) is 40.4 Å². The molecular formula is C14H27N3OS. The van der Waals surface area contributed by atoms with Crippen molar-refractivity contribution in [1.82, 2.24) is 15.2 Å². The molecule has 1 rings (SSSR count). The van der Waals surface area contributed by atoms with Crippen LogP contribution in [0.1, 0.15) is 31.5 Å². The number of thiazole rings is 1. The third-order valence-corrected chi connectivity index (χ3v) is 3.92. The van der Waals surface area contributed by atoms with E-state index in [1.165, 1.54) is 5.01 Å². The number of hydrogen-bond donors (Lipinski definition) is 1. The number of rotatable bonds is 8. The molecule has 4 nitrogen and oxygen atoms in total. The van der Waals surface area contributed by atoms with Crippen LogP contribution in [0.2, 0.25) is 0 Å². The van der Waals surface area contributed by atoms with E-state index in [-0.39, 0.29) is 5.41 Å². The molecule has 0 aliphatic rings. The molecule has 19 heavy (non-hydrogen) atoms. The molecule has 0 amide bonds. The van der Waals surface area contributed by atoms with E-state index < -0.39 is 0 Å². The van der Waals surface area contributed by atoms with Gasteiger partial charge >= 0.3 is 0 Å². The molecular weight excluding hydrogens is 258 g/mol. The maximum atomic E-state index is 5.52. The van der Waals surface area contributed by atoms with Crippen molar-refractivity contribution >= 4 is 11.3 Å². The second-order valence-corrected chi connectivity index (χ2v) is 6.84. The van der Waals surface area contributed by atoms with Gasteiger partial charge in [-0.1, -0.05) is 20.8 Å². The van der Waals surface area contributed by atoms with Crippen molar-refractivity contribution in [3.05, 3.63) is 16.1 Å². The average molecular weight is 285 g/mol. The van der Waals surface area contributed by atoms with Crippen molar-refractivity contribution in [1.29, 1.82) is 0 Å². The minimum Gasteiger partial charge on any atom is -0.379 e. The SMILES string of the molecule is CN(C)CCOCCNCc1csc(C(C)(C)C)n1. The molecule has 0 fully saturated rings. The number of nitrogens with one attached hydrogen (secondary N) is 1. The van der Waals surface area contributed by atoms with E-state index >= 15 is 0 Å². The molecule has 0 radical (unpaired) electrons. The molecule has 1 aromatic rings. The summed E-state index contributed by atoms with van der Waals surface area (Å²) in [5.41, 5.74) is 1.28. The molecule has 0 spiro atoms. The Hall–Kier alpha value is -0.490. The fourth-order valence-corrected chi connectivity index (χ4v) is 2.35. The number of nitrogens with zero attached hydrogens (tertiary/aromatic N) is 2. The highest BCUT2D eigenvalue weighted by molar-refractivity contribution is 7.09. The van der Waals surface area contributed by atoms with Gasteiger partial charge in [-0.3, -0.25) is 0 Å². The molecule has 0 aliphatic carbocycles. The van der Waals surface area contributed by atoms with Crippen LogP contribution in [0.5, 0.6) is 0 Å². The quantitative estimate of drug-likeness (QED) is 0.742. The molecule has 0 atom stereocenters. The first kappa shape index (κ1) is 16.6. The van der Waals surface area contributed by atoms with E-state index in [9.17, 15) is 0 Å². The van der Waals surface area contributed by atoms with Crippen molar-refractivity contribution < 1.29 is 4.74 Å². The minimum absolute atomic E-state index is 0.151. The van der Waals surface area contributed by atoms with Crippen LogP contribution in [0, 0.1) is 0 Å². The fraction of sp³-hybridized carbons (Fsp3) is 0.786. The first-order valence-electron chi connectivity index (χ1n) is 6.77. The molecule has 1 heterocycles.